The van der Waals surface area contributed by atoms with Gasteiger partial charge >= 0.3 is 0 Å². The number of likely N-dealkylation sites (N-methyl/N-ethyl adjacent to an activating group) is 1. The normalized spacial score (nSPS) is 10.0. The van der Waals surface area contributed by atoms with Crippen LogP contribution in [0.2, 0.25) is 0 Å². The van der Waals surface area contributed by atoms with Crippen molar-refractivity contribution in [3.05, 3.63) is 33.9 Å². The fourth-order valence-electron chi connectivity index (χ4n) is 1.20. The highest BCUT2D eigenvalue weighted by atomic mass is 16.6. The highest BCUT2D eigenvalue weighted by molar-refractivity contribution is 5.52. The Balaban J connectivity index is 2.77. The minimum absolute atomic E-state index is 0.0114. The molecule has 17 heavy (non-hydrogen) atoms. The van der Waals surface area contributed by atoms with E-state index in [2.05, 4.69) is 0 Å². The Kier molecular flexibility index (Phi) is 4.43. The molecule has 0 saturated carbocycles. The number of rotatable bonds is 5. The molecule has 0 spiro atoms. The monoisotopic (exact) mass is 235 g/mol. The van der Waals surface area contributed by atoms with Gasteiger partial charge in [-0.2, -0.15) is 5.26 Å². The molecule has 0 aliphatic carbocycles. The molecule has 6 heteroatoms. The molecule has 0 unspecified atom stereocenters. The molecular formula is C11H13N3O3. The molecule has 0 aliphatic rings. The molecule has 0 amide bonds. The standard InChI is InChI=1S/C11H13N3O3/c1-13(2)5-6-17-10-3-4-11(14(15)16)9(7-10)8-12/h3-4,7H,5-6H2,1-2H3. The van der Waals surface area contributed by atoms with Crippen molar-refractivity contribution in [2.24, 2.45) is 0 Å². The van der Waals surface area contributed by atoms with Gasteiger partial charge in [-0.25, -0.2) is 0 Å². The molecule has 0 bridgehead atoms. The minimum atomic E-state index is -0.581. The van der Waals surface area contributed by atoms with E-state index in [9.17, 15) is 10.1 Å². The van der Waals surface area contributed by atoms with Gasteiger partial charge in [0.05, 0.1) is 4.92 Å². The molecule has 0 fully saturated rings. The molecule has 1 aromatic carbocycles. The quantitative estimate of drug-likeness (QED) is 0.569. The van der Waals surface area contributed by atoms with E-state index in [1.165, 1.54) is 18.2 Å². The van der Waals surface area contributed by atoms with Gasteiger partial charge in [-0.15, -0.1) is 0 Å². The molecule has 1 rings (SSSR count). The molecule has 0 N–H and O–H groups in total. The van der Waals surface area contributed by atoms with Crippen LogP contribution in [0.5, 0.6) is 5.75 Å². The van der Waals surface area contributed by atoms with Crippen molar-refractivity contribution >= 4 is 5.69 Å². The third kappa shape index (κ3) is 3.74. The van der Waals surface area contributed by atoms with E-state index >= 15 is 0 Å². The Morgan fingerprint density at radius 3 is 2.76 bits per heavy atom. The van der Waals surface area contributed by atoms with E-state index in [0.29, 0.717) is 12.4 Å². The third-order valence-electron chi connectivity index (χ3n) is 2.09. The summed E-state index contributed by atoms with van der Waals surface area (Å²) in [4.78, 5) is 12.0. The summed E-state index contributed by atoms with van der Waals surface area (Å²) in [5, 5.41) is 19.4. The van der Waals surface area contributed by atoms with Crippen LogP contribution in [0, 0.1) is 21.4 Å². The topological polar surface area (TPSA) is 79.4 Å². The maximum absolute atomic E-state index is 10.6. The van der Waals surface area contributed by atoms with Crippen molar-refractivity contribution < 1.29 is 9.66 Å². The first-order chi connectivity index (χ1) is 8.04. The van der Waals surface area contributed by atoms with E-state index in [0.717, 1.165) is 6.54 Å². The van der Waals surface area contributed by atoms with E-state index in [4.69, 9.17) is 10.00 Å². The summed E-state index contributed by atoms with van der Waals surface area (Å²) < 4.78 is 5.38. The number of benzene rings is 1. The van der Waals surface area contributed by atoms with Gasteiger partial charge < -0.3 is 9.64 Å². The number of nitrogens with zero attached hydrogens (tertiary/aromatic N) is 3. The zero-order valence-corrected chi connectivity index (χ0v) is 9.71. The first kappa shape index (κ1) is 12.9. The van der Waals surface area contributed by atoms with Crippen molar-refractivity contribution in [1.82, 2.24) is 4.90 Å². The summed E-state index contributed by atoms with van der Waals surface area (Å²) in [5.74, 6) is 0.467. The molecule has 0 saturated heterocycles. The van der Waals surface area contributed by atoms with Gasteiger partial charge in [0.15, 0.2) is 0 Å². The predicted octanol–water partition coefficient (Wildman–Crippen LogP) is 1.41. The van der Waals surface area contributed by atoms with Crippen LogP contribution in [0.1, 0.15) is 5.56 Å². The molecule has 0 radical (unpaired) electrons. The Bertz CT molecular complexity index is 452. The lowest BCUT2D eigenvalue weighted by Crippen LogP contribution is -2.19. The fourth-order valence-corrected chi connectivity index (χ4v) is 1.20. The van der Waals surface area contributed by atoms with E-state index in [1.54, 1.807) is 6.07 Å². The van der Waals surface area contributed by atoms with Gasteiger partial charge in [0.2, 0.25) is 0 Å². The van der Waals surface area contributed by atoms with Crippen LogP contribution in [0.15, 0.2) is 18.2 Å². The van der Waals surface area contributed by atoms with Crippen LogP contribution in [-0.2, 0) is 0 Å². The molecular weight excluding hydrogens is 222 g/mol. The zero-order valence-electron chi connectivity index (χ0n) is 9.71. The number of nitriles is 1. The second-order valence-electron chi connectivity index (χ2n) is 3.70. The van der Waals surface area contributed by atoms with Gasteiger partial charge in [-0.3, -0.25) is 10.1 Å². The SMILES string of the molecule is CN(C)CCOc1ccc([N+](=O)[O-])c(C#N)c1. The second kappa shape index (κ2) is 5.82. The lowest BCUT2D eigenvalue weighted by Gasteiger charge is -2.10. The first-order valence-corrected chi connectivity index (χ1v) is 5.00. The number of hydrogen-bond donors (Lipinski definition) is 0. The van der Waals surface area contributed by atoms with Crippen LogP contribution >= 0.6 is 0 Å². The summed E-state index contributed by atoms with van der Waals surface area (Å²) in [6.07, 6.45) is 0. The lowest BCUT2D eigenvalue weighted by atomic mass is 10.2. The second-order valence-corrected chi connectivity index (χ2v) is 3.70. The molecule has 0 aliphatic heterocycles. The summed E-state index contributed by atoms with van der Waals surface area (Å²) in [6.45, 7) is 1.20. The maximum Gasteiger partial charge on any atom is 0.287 e. The van der Waals surface area contributed by atoms with Gasteiger partial charge in [-0.05, 0) is 20.2 Å². The number of nitro benzene ring substituents is 1. The van der Waals surface area contributed by atoms with Crippen molar-refractivity contribution in [2.45, 2.75) is 0 Å². The predicted molar refractivity (Wildman–Crippen MR) is 61.9 cm³/mol. The van der Waals surface area contributed by atoms with Crippen LogP contribution < -0.4 is 4.74 Å². The van der Waals surface area contributed by atoms with Gasteiger partial charge in [0, 0.05) is 18.7 Å². The van der Waals surface area contributed by atoms with Crippen molar-refractivity contribution in [3.63, 3.8) is 0 Å². The maximum atomic E-state index is 10.6. The van der Waals surface area contributed by atoms with Crippen LogP contribution in [0.25, 0.3) is 0 Å². The highest BCUT2D eigenvalue weighted by Gasteiger charge is 2.13. The van der Waals surface area contributed by atoms with Crippen molar-refractivity contribution in [1.29, 1.82) is 5.26 Å². The number of hydrogen-bond acceptors (Lipinski definition) is 5. The average molecular weight is 235 g/mol. The zero-order chi connectivity index (χ0) is 12.8. The summed E-state index contributed by atoms with van der Waals surface area (Å²) >= 11 is 0. The Morgan fingerprint density at radius 1 is 1.53 bits per heavy atom. The van der Waals surface area contributed by atoms with Crippen molar-refractivity contribution in [2.75, 3.05) is 27.2 Å². The molecule has 90 valence electrons. The van der Waals surface area contributed by atoms with Crippen molar-refractivity contribution in [3.8, 4) is 11.8 Å². The van der Waals surface area contributed by atoms with E-state index in [1.807, 2.05) is 19.0 Å². The third-order valence-corrected chi connectivity index (χ3v) is 2.09. The average Bonchev–Trinajstić information content (AvgIpc) is 2.28. The largest absolute Gasteiger partial charge is 0.492 e. The van der Waals surface area contributed by atoms with Gasteiger partial charge in [0.25, 0.3) is 5.69 Å². The Labute approximate surface area is 99.2 Å². The first-order valence-electron chi connectivity index (χ1n) is 5.00. The smallest absolute Gasteiger partial charge is 0.287 e. The summed E-state index contributed by atoms with van der Waals surface area (Å²) in [7, 11) is 3.83. The Hall–Kier alpha value is -2.13. The van der Waals surface area contributed by atoms with E-state index in [-0.39, 0.29) is 11.3 Å². The molecule has 0 atom stereocenters. The minimum Gasteiger partial charge on any atom is -0.492 e. The molecule has 0 heterocycles. The van der Waals surface area contributed by atoms with Crippen LogP contribution in [0.4, 0.5) is 5.69 Å². The molecule has 1 aromatic rings. The van der Waals surface area contributed by atoms with Crippen LogP contribution in [-0.4, -0.2) is 37.1 Å². The number of ether oxygens (including phenoxy) is 1. The summed E-state index contributed by atoms with van der Waals surface area (Å²) in [6, 6.07) is 5.94. The molecule has 6 nitrogen and oxygen atoms in total. The fraction of sp³-hybridized carbons (Fsp3) is 0.364. The molecule has 0 aromatic heterocycles. The van der Waals surface area contributed by atoms with Crippen LogP contribution in [0.3, 0.4) is 0 Å². The van der Waals surface area contributed by atoms with Gasteiger partial charge in [0.1, 0.15) is 24.0 Å². The highest BCUT2D eigenvalue weighted by Crippen LogP contribution is 2.23. The lowest BCUT2D eigenvalue weighted by molar-refractivity contribution is -0.385. The summed E-state index contributed by atoms with van der Waals surface area (Å²) in [5.41, 5.74) is -0.190. The Morgan fingerprint density at radius 2 is 2.24 bits per heavy atom. The number of nitro groups is 1. The van der Waals surface area contributed by atoms with Gasteiger partial charge in [-0.1, -0.05) is 0 Å². The van der Waals surface area contributed by atoms with E-state index < -0.39 is 4.92 Å².